The maximum absolute atomic E-state index is 12.2. The van der Waals surface area contributed by atoms with E-state index in [9.17, 15) is 10.1 Å². The average Bonchev–Trinajstić information content (AvgIpc) is 3.24. The monoisotopic (exact) mass is 278 g/mol. The van der Waals surface area contributed by atoms with Crippen LogP contribution in [0.5, 0.6) is 0 Å². The highest BCUT2D eigenvalue weighted by Crippen LogP contribution is 2.48. The van der Waals surface area contributed by atoms with Gasteiger partial charge in [-0.3, -0.25) is 0 Å². The Morgan fingerprint density at radius 3 is 2.70 bits per heavy atom. The van der Waals surface area contributed by atoms with Gasteiger partial charge in [-0.1, -0.05) is 20.8 Å². The maximum Gasteiger partial charge on any atom is 0.409 e. The Hall–Kier alpha value is -1.24. The second kappa shape index (κ2) is 6.03. The summed E-state index contributed by atoms with van der Waals surface area (Å²) in [5.41, 5.74) is 0.276. The Kier molecular flexibility index (Phi) is 4.57. The lowest BCUT2D eigenvalue weighted by molar-refractivity contribution is 0.0541. The van der Waals surface area contributed by atoms with Crippen LogP contribution in [-0.4, -0.2) is 30.7 Å². The molecule has 0 aromatic heterocycles. The topological polar surface area (TPSA) is 53.3 Å². The molecular formula is C16H26N2O2. The summed E-state index contributed by atoms with van der Waals surface area (Å²) in [7, 11) is 0. The fourth-order valence-corrected chi connectivity index (χ4v) is 3.07. The van der Waals surface area contributed by atoms with E-state index < -0.39 is 0 Å². The highest BCUT2D eigenvalue weighted by Gasteiger charge is 2.42. The molecule has 2 atom stereocenters. The molecule has 1 amide bonds. The summed E-state index contributed by atoms with van der Waals surface area (Å²) in [4.78, 5) is 14.0. The molecular weight excluding hydrogens is 252 g/mol. The fraction of sp³-hybridized carbons (Fsp3) is 0.875. The van der Waals surface area contributed by atoms with E-state index in [1.54, 1.807) is 4.90 Å². The molecule has 2 unspecified atom stereocenters. The summed E-state index contributed by atoms with van der Waals surface area (Å²) in [6, 6.07) is 2.39. The number of nitriles is 1. The minimum atomic E-state index is -0.188. The number of nitrogens with zero attached hydrogens (tertiary/aromatic N) is 2. The number of ether oxygens (including phenoxy) is 1. The van der Waals surface area contributed by atoms with E-state index >= 15 is 0 Å². The van der Waals surface area contributed by atoms with Gasteiger partial charge in [-0.25, -0.2) is 4.79 Å². The lowest BCUT2D eigenvalue weighted by Crippen LogP contribution is -2.45. The molecule has 2 aliphatic rings. The van der Waals surface area contributed by atoms with E-state index in [0.29, 0.717) is 25.6 Å². The van der Waals surface area contributed by atoms with Gasteiger partial charge < -0.3 is 9.64 Å². The number of likely N-dealkylation sites (tertiary alicyclic amines) is 1. The first-order chi connectivity index (χ1) is 9.51. The summed E-state index contributed by atoms with van der Waals surface area (Å²) in [6.07, 6.45) is 4.04. The first-order valence-electron chi connectivity index (χ1n) is 7.82. The van der Waals surface area contributed by atoms with Gasteiger partial charge in [0, 0.05) is 18.5 Å². The van der Waals surface area contributed by atoms with Crippen LogP contribution in [0.2, 0.25) is 0 Å². The van der Waals surface area contributed by atoms with Crippen molar-refractivity contribution in [3.63, 3.8) is 0 Å². The summed E-state index contributed by atoms with van der Waals surface area (Å²) in [5.74, 6) is 0.757. The van der Waals surface area contributed by atoms with Crippen LogP contribution >= 0.6 is 0 Å². The zero-order valence-electron chi connectivity index (χ0n) is 12.9. The third-order valence-corrected chi connectivity index (χ3v) is 5.15. The van der Waals surface area contributed by atoms with Crippen molar-refractivity contribution in [2.75, 3.05) is 19.7 Å². The van der Waals surface area contributed by atoms with Crippen LogP contribution in [0.1, 0.15) is 46.5 Å². The standard InChI is InChI=1S/C16H26N2O2/c1-4-16(6-7-16)11-20-15(19)18-8-5-13(9-17)14(10-18)12(2)3/h12-14H,4-8,10-11H2,1-3H3. The van der Waals surface area contributed by atoms with Gasteiger partial charge in [-0.05, 0) is 37.5 Å². The predicted octanol–water partition coefficient (Wildman–Crippen LogP) is 3.43. The average molecular weight is 278 g/mol. The molecule has 1 saturated heterocycles. The number of piperidine rings is 1. The first-order valence-corrected chi connectivity index (χ1v) is 7.82. The van der Waals surface area contributed by atoms with Crippen LogP contribution in [0.3, 0.4) is 0 Å². The first kappa shape index (κ1) is 15.2. The molecule has 1 aliphatic heterocycles. The summed E-state index contributed by atoms with van der Waals surface area (Å²) < 4.78 is 5.50. The minimum absolute atomic E-state index is 0.0736. The van der Waals surface area contributed by atoms with E-state index in [4.69, 9.17) is 4.74 Å². The molecule has 2 fully saturated rings. The molecule has 0 radical (unpaired) electrons. The normalized spacial score (nSPS) is 28.1. The van der Waals surface area contributed by atoms with Crippen LogP contribution in [0, 0.1) is 34.5 Å². The third-order valence-electron chi connectivity index (χ3n) is 5.15. The van der Waals surface area contributed by atoms with E-state index in [2.05, 4.69) is 26.8 Å². The number of carbonyl (C=O) groups excluding carboxylic acids is 1. The Bertz CT molecular complexity index is 396. The van der Waals surface area contributed by atoms with Crippen molar-refractivity contribution in [2.45, 2.75) is 46.5 Å². The number of hydrogen-bond donors (Lipinski definition) is 0. The van der Waals surface area contributed by atoms with E-state index in [1.165, 1.54) is 12.8 Å². The fourth-order valence-electron chi connectivity index (χ4n) is 3.07. The summed E-state index contributed by atoms with van der Waals surface area (Å²) in [6.45, 7) is 8.29. The van der Waals surface area contributed by atoms with Crippen molar-refractivity contribution in [3.05, 3.63) is 0 Å². The van der Waals surface area contributed by atoms with Crippen LogP contribution in [0.25, 0.3) is 0 Å². The van der Waals surface area contributed by atoms with Gasteiger partial charge in [0.1, 0.15) is 0 Å². The number of rotatable bonds is 4. The predicted molar refractivity (Wildman–Crippen MR) is 76.9 cm³/mol. The second-order valence-corrected chi connectivity index (χ2v) is 6.79. The molecule has 0 spiro atoms. The SMILES string of the molecule is CCC1(COC(=O)N2CCC(C#N)C(C(C)C)C2)CC1. The van der Waals surface area contributed by atoms with E-state index in [0.717, 1.165) is 12.8 Å². The molecule has 112 valence electrons. The van der Waals surface area contributed by atoms with Crippen molar-refractivity contribution < 1.29 is 9.53 Å². The summed E-state index contributed by atoms with van der Waals surface area (Å²) in [5, 5.41) is 9.20. The molecule has 20 heavy (non-hydrogen) atoms. The van der Waals surface area contributed by atoms with Gasteiger partial charge in [-0.15, -0.1) is 0 Å². The second-order valence-electron chi connectivity index (χ2n) is 6.79. The van der Waals surface area contributed by atoms with Crippen molar-refractivity contribution in [2.24, 2.45) is 23.2 Å². The molecule has 0 N–H and O–H groups in total. The van der Waals surface area contributed by atoms with E-state index in [-0.39, 0.29) is 23.3 Å². The van der Waals surface area contributed by atoms with Crippen LogP contribution in [0.15, 0.2) is 0 Å². The maximum atomic E-state index is 12.2. The molecule has 4 heteroatoms. The molecule has 4 nitrogen and oxygen atoms in total. The van der Waals surface area contributed by atoms with Gasteiger partial charge >= 0.3 is 6.09 Å². The summed E-state index contributed by atoms with van der Waals surface area (Å²) >= 11 is 0. The lowest BCUT2D eigenvalue weighted by Gasteiger charge is -2.37. The quantitative estimate of drug-likeness (QED) is 0.791. The number of carbonyl (C=O) groups is 1. The zero-order chi connectivity index (χ0) is 14.8. The molecule has 1 aliphatic carbocycles. The van der Waals surface area contributed by atoms with Crippen molar-refractivity contribution >= 4 is 6.09 Å². The molecule has 0 aromatic carbocycles. The highest BCUT2D eigenvalue weighted by atomic mass is 16.6. The number of hydrogen-bond acceptors (Lipinski definition) is 3. The Balaban J connectivity index is 1.86. The molecule has 0 aromatic rings. The van der Waals surface area contributed by atoms with E-state index in [1.807, 2.05) is 0 Å². The van der Waals surface area contributed by atoms with Gasteiger partial charge in [0.15, 0.2) is 0 Å². The van der Waals surface area contributed by atoms with Gasteiger partial charge in [-0.2, -0.15) is 5.26 Å². The molecule has 1 heterocycles. The van der Waals surface area contributed by atoms with Crippen LogP contribution in [0.4, 0.5) is 4.79 Å². The van der Waals surface area contributed by atoms with Gasteiger partial charge in [0.25, 0.3) is 0 Å². The molecule has 0 bridgehead atoms. The van der Waals surface area contributed by atoms with Gasteiger partial charge in [0.2, 0.25) is 0 Å². The van der Waals surface area contributed by atoms with Gasteiger partial charge in [0.05, 0.1) is 18.6 Å². The zero-order valence-corrected chi connectivity index (χ0v) is 12.9. The van der Waals surface area contributed by atoms with Crippen molar-refractivity contribution in [3.8, 4) is 6.07 Å². The highest BCUT2D eigenvalue weighted by molar-refractivity contribution is 5.67. The Morgan fingerprint density at radius 1 is 1.50 bits per heavy atom. The van der Waals surface area contributed by atoms with Crippen molar-refractivity contribution in [1.29, 1.82) is 5.26 Å². The number of amides is 1. The van der Waals surface area contributed by atoms with Crippen LogP contribution in [-0.2, 0) is 4.74 Å². The Labute approximate surface area is 122 Å². The Morgan fingerprint density at radius 2 is 2.20 bits per heavy atom. The third kappa shape index (κ3) is 3.26. The smallest absolute Gasteiger partial charge is 0.409 e. The van der Waals surface area contributed by atoms with Crippen LogP contribution < -0.4 is 0 Å². The largest absolute Gasteiger partial charge is 0.449 e. The molecule has 2 rings (SSSR count). The van der Waals surface area contributed by atoms with Crippen molar-refractivity contribution in [1.82, 2.24) is 4.90 Å². The minimum Gasteiger partial charge on any atom is -0.449 e. The molecule has 1 saturated carbocycles. The lowest BCUT2D eigenvalue weighted by atomic mass is 9.79.